The number of carbonyl (C=O) groups is 1. The van der Waals surface area contributed by atoms with E-state index in [1.54, 1.807) is 12.2 Å². The Bertz CT molecular complexity index is 1550. The number of halogens is 1. The molecule has 6 nitrogen and oxygen atoms in total. The summed E-state index contributed by atoms with van der Waals surface area (Å²) in [5.41, 5.74) is 8.18. The minimum absolute atomic E-state index is 0.0545. The Morgan fingerprint density at radius 1 is 1.10 bits per heavy atom. The van der Waals surface area contributed by atoms with Gasteiger partial charge in [-0.25, -0.2) is 4.39 Å². The average Bonchev–Trinajstić information content (AvgIpc) is 3.56. The highest BCUT2D eigenvalue weighted by Crippen LogP contribution is 2.45. The van der Waals surface area contributed by atoms with Crippen LogP contribution >= 0.6 is 0 Å². The van der Waals surface area contributed by atoms with Crippen LogP contribution in [0.2, 0.25) is 0 Å². The third-order valence-electron chi connectivity index (χ3n) is 8.01. The fraction of sp³-hybridized carbons (Fsp3) is 0.324. The van der Waals surface area contributed by atoms with E-state index in [1.807, 2.05) is 57.2 Å². The van der Waals surface area contributed by atoms with Crippen molar-refractivity contribution in [3.05, 3.63) is 93.8 Å². The summed E-state index contributed by atoms with van der Waals surface area (Å²) in [5, 5.41) is 16.3. The number of hydrogen-bond donors (Lipinski definition) is 2. The van der Waals surface area contributed by atoms with Crippen molar-refractivity contribution < 1.29 is 23.4 Å². The zero-order chi connectivity index (χ0) is 29.3. The van der Waals surface area contributed by atoms with Crippen LogP contribution in [0.5, 0.6) is 11.5 Å². The van der Waals surface area contributed by atoms with Gasteiger partial charge in [0.25, 0.3) is 0 Å². The van der Waals surface area contributed by atoms with Gasteiger partial charge in [0.05, 0.1) is 25.8 Å². The van der Waals surface area contributed by atoms with E-state index in [0.717, 1.165) is 38.9 Å². The molecule has 0 fully saturated rings. The van der Waals surface area contributed by atoms with E-state index in [1.165, 1.54) is 13.2 Å². The third kappa shape index (κ3) is 5.67. The monoisotopic (exact) mass is 554 g/mol. The van der Waals surface area contributed by atoms with E-state index in [4.69, 9.17) is 25.0 Å². The second-order valence-electron chi connectivity index (χ2n) is 10.7. The maximum Gasteiger partial charge on any atom is 0.306 e. The van der Waals surface area contributed by atoms with E-state index in [9.17, 15) is 4.79 Å². The molecular formula is C34H35FN2O4. The average molecular weight is 555 g/mol. The maximum absolute atomic E-state index is 15.3. The first kappa shape index (κ1) is 28.3. The first-order valence-corrected chi connectivity index (χ1v) is 14.0. The summed E-state index contributed by atoms with van der Waals surface area (Å²) in [4.78, 5) is 11.7. The number of nitrogens with one attached hydrogen (secondary N) is 2. The number of esters is 1. The van der Waals surface area contributed by atoms with Crippen molar-refractivity contribution in [3.63, 3.8) is 0 Å². The zero-order valence-electron chi connectivity index (χ0n) is 23.9. The van der Waals surface area contributed by atoms with Crippen molar-refractivity contribution in [2.75, 3.05) is 13.7 Å². The van der Waals surface area contributed by atoms with Crippen LogP contribution in [0.15, 0.2) is 54.6 Å². The Labute approximate surface area is 240 Å². The van der Waals surface area contributed by atoms with Gasteiger partial charge in [-0.05, 0) is 103 Å². The van der Waals surface area contributed by atoms with E-state index in [0.29, 0.717) is 54.4 Å². The number of aryl methyl sites for hydroxylation is 2. The second kappa shape index (κ2) is 11.7. The Morgan fingerprint density at radius 2 is 1.85 bits per heavy atom. The van der Waals surface area contributed by atoms with E-state index in [2.05, 4.69) is 0 Å². The smallest absolute Gasteiger partial charge is 0.306 e. The normalized spacial score (nSPS) is 17.2. The van der Waals surface area contributed by atoms with Gasteiger partial charge in [0.2, 0.25) is 0 Å². The molecule has 0 saturated heterocycles. The molecule has 1 unspecified atom stereocenters. The van der Waals surface area contributed by atoms with Crippen LogP contribution in [0.3, 0.4) is 0 Å². The number of hydrogen-bond acceptors (Lipinski definition) is 6. The minimum Gasteiger partial charge on any atom is -0.492 e. The SMILES string of the molecule is CCC(=N)/C=C\C(=N)c1cc(C)c(-c2ccc(F)c3c2CC[C@H]3Oc2ccc3c(c2)OCC3CC(=O)OC)c(C)c1. The lowest BCUT2D eigenvalue weighted by Crippen LogP contribution is -2.09. The van der Waals surface area contributed by atoms with Gasteiger partial charge < -0.3 is 25.0 Å². The van der Waals surface area contributed by atoms with Crippen molar-refractivity contribution in [2.45, 2.75) is 58.5 Å². The topological polar surface area (TPSA) is 92.5 Å². The molecule has 0 bridgehead atoms. The third-order valence-corrected chi connectivity index (χ3v) is 8.01. The van der Waals surface area contributed by atoms with Crippen molar-refractivity contribution >= 4 is 17.4 Å². The van der Waals surface area contributed by atoms with Gasteiger partial charge >= 0.3 is 5.97 Å². The van der Waals surface area contributed by atoms with Crippen LogP contribution in [-0.4, -0.2) is 31.1 Å². The van der Waals surface area contributed by atoms with Gasteiger partial charge in [-0.15, -0.1) is 0 Å². The number of allylic oxidation sites excluding steroid dienone is 2. The van der Waals surface area contributed by atoms with Crippen molar-refractivity contribution in [1.29, 1.82) is 10.8 Å². The molecule has 3 aromatic carbocycles. The van der Waals surface area contributed by atoms with Crippen LogP contribution in [0, 0.1) is 30.5 Å². The Balaban J connectivity index is 1.41. The summed E-state index contributed by atoms with van der Waals surface area (Å²) in [6.45, 7) is 6.37. The Kier molecular flexibility index (Phi) is 8.06. The van der Waals surface area contributed by atoms with Gasteiger partial charge in [-0.3, -0.25) is 4.79 Å². The minimum atomic E-state index is -0.428. The molecule has 7 heteroatoms. The summed E-state index contributed by atoms with van der Waals surface area (Å²) in [6.07, 6.45) is 5.13. The molecule has 2 N–H and O–H groups in total. The summed E-state index contributed by atoms with van der Waals surface area (Å²) < 4.78 is 32.3. The van der Waals surface area contributed by atoms with E-state index in [-0.39, 0.29) is 24.1 Å². The van der Waals surface area contributed by atoms with Crippen LogP contribution < -0.4 is 9.47 Å². The maximum atomic E-state index is 15.3. The molecule has 0 spiro atoms. The van der Waals surface area contributed by atoms with Gasteiger partial charge in [0.1, 0.15) is 23.4 Å². The molecular weight excluding hydrogens is 519 g/mol. The fourth-order valence-electron chi connectivity index (χ4n) is 5.92. The Morgan fingerprint density at radius 3 is 2.56 bits per heavy atom. The lowest BCUT2D eigenvalue weighted by atomic mass is 9.88. The quantitative estimate of drug-likeness (QED) is 0.211. The second-order valence-corrected chi connectivity index (χ2v) is 10.7. The largest absolute Gasteiger partial charge is 0.492 e. The molecule has 1 heterocycles. The highest BCUT2D eigenvalue weighted by atomic mass is 19.1. The number of fused-ring (bicyclic) bond motifs is 2. The predicted molar refractivity (Wildman–Crippen MR) is 158 cm³/mol. The number of methoxy groups -OCH3 is 1. The molecule has 1 aliphatic carbocycles. The van der Waals surface area contributed by atoms with Crippen LogP contribution in [-0.2, 0) is 16.0 Å². The molecule has 1 aliphatic heterocycles. The first-order valence-electron chi connectivity index (χ1n) is 14.0. The fourth-order valence-corrected chi connectivity index (χ4v) is 5.92. The summed E-state index contributed by atoms with van der Waals surface area (Å²) in [5.74, 6) is 0.677. The summed E-state index contributed by atoms with van der Waals surface area (Å²) in [6, 6.07) is 12.9. The summed E-state index contributed by atoms with van der Waals surface area (Å²) in [7, 11) is 1.38. The van der Waals surface area contributed by atoms with Crippen LogP contribution in [0.4, 0.5) is 4.39 Å². The molecule has 0 radical (unpaired) electrons. The standard InChI is InChI=1S/C34H35FN2O4/c1-5-23(36)6-12-29(37)21-14-19(2)33(20(3)15-21)26-9-11-28(35)34-27(26)10-13-30(34)41-24-7-8-25-22(16-32(38)39-4)18-40-31(25)17-24/h6-9,11-12,14-15,17,22,30,36-37H,5,10,13,16,18H2,1-4H3/b12-6-,36-23?,37-29?/t22?,30-/m1/s1. The molecule has 41 heavy (non-hydrogen) atoms. The van der Waals surface area contributed by atoms with Crippen LogP contribution in [0.25, 0.3) is 11.1 Å². The molecule has 2 atom stereocenters. The van der Waals surface area contributed by atoms with Gasteiger partial charge in [-0.2, -0.15) is 0 Å². The Hall–Kier alpha value is -4.26. The number of rotatable bonds is 9. The molecule has 0 amide bonds. The molecule has 2 aliphatic rings. The predicted octanol–water partition coefficient (Wildman–Crippen LogP) is 7.57. The lowest BCUT2D eigenvalue weighted by molar-refractivity contribution is -0.141. The van der Waals surface area contributed by atoms with E-state index < -0.39 is 6.10 Å². The van der Waals surface area contributed by atoms with Crippen molar-refractivity contribution in [1.82, 2.24) is 0 Å². The zero-order valence-corrected chi connectivity index (χ0v) is 23.9. The highest BCUT2D eigenvalue weighted by Gasteiger charge is 2.32. The molecule has 0 saturated carbocycles. The lowest BCUT2D eigenvalue weighted by Gasteiger charge is -2.19. The number of benzene rings is 3. The number of carbonyl (C=O) groups excluding carboxylic acids is 1. The first-order chi connectivity index (χ1) is 19.7. The van der Waals surface area contributed by atoms with Crippen LogP contribution in [0.1, 0.15) is 71.6 Å². The number of ether oxygens (including phenoxy) is 3. The van der Waals surface area contributed by atoms with Gasteiger partial charge in [0, 0.05) is 28.8 Å². The molecule has 3 aromatic rings. The highest BCUT2D eigenvalue weighted by molar-refractivity contribution is 6.10. The van der Waals surface area contributed by atoms with E-state index >= 15 is 4.39 Å². The molecule has 0 aromatic heterocycles. The van der Waals surface area contributed by atoms with Crippen molar-refractivity contribution in [3.8, 4) is 22.6 Å². The van der Waals surface area contributed by atoms with Gasteiger partial charge in [-0.1, -0.05) is 19.1 Å². The summed E-state index contributed by atoms with van der Waals surface area (Å²) >= 11 is 0. The molecule has 5 rings (SSSR count). The van der Waals surface area contributed by atoms with Gasteiger partial charge in [0.15, 0.2) is 0 Å². The molecule has 212 valence electrons. The van der Waals surface area contributed by atoms with Crippen molar-refractivity contribution in [2.24, 2.45) is 0 Å².